The summed E-state index contributed by atoms with van der Waals surface area (Å²) in [4.78, 5) is 14.3. The maximum absolute atomic E-state index is 12.4. The number of carbonyl (C=O) groups excluding carboxylic acids is 1. The molecular weight excluding hydrogens is 414 g/mol. The molecule has 1 saturated heterocycles. The molecular formula is C27H35NO3Si. The highest BCUT2D eigenvalue weighted by Crippen LogP contribution is 2.38. The molecule has 0 N–H and O–H groups in total. The van der Waals surface area contributed by atoms with E-state index >= 15 is 0 Å². The van der Waals surface area contributed by atoms with Gasteiger partial charge in [-0.3, -0.25) is 4.79 Å². The van der Waals surface area contributed by atoms with E-state index in [0.29, 0.717) is 26.3 Å². The molecule has 1 aliphatic heterocycles. The quantitative estimate of drug-likeness (QED) is 0.481. The third kappa shape index (κ3) is 4.99. The van der Waals surface area contributed by atoms with Crippen molar-refractivity contribution < 1.29 is 14.0 Å². The third-order valence-electron chi connectivity index (χ3n) is 6.41. The number of ether oxygens (including phenoxy) is 1. The summed E-state index contributed by atoms with van der Waals surface area (Å²) in [6.45, 7) is 11.1. The lowest BCUT2D eigenvalue weighted by Crippen LogP contribution is -2.67. The summed E-state index contributed by atoms with van der Waals surface area (Å²) in [6, 6.07) is 21.3. The lowest BCUT2D eigenvalue weighted by Gasteiger charge is -2.43. The molecule has 0 aromatic heterocycles. The zero-order valence-corrected chi connectivity index (χ0v) is 20.9. The van der Waals surface area contributed by atoms with Gasteiger partial charge >= 0.3 is 0 Å². The Balaban J connectivity index is 1.96. The molecule has 4 nitrogen and oxygen atoms in total. The second-order valence-electron chi connectivity index (χ2n) is 9.53. The Morgan fingerprint density at radius 3 is 1.91 bits per heavy atom. The summed E-state index contributed by atoms with van der Waals surface area (Å²) in [5.41, 5.74) is 0. The number of nitrogens with zero attached hydrogens (tertiary/aromatic N) is 1. The topological polar surface area (TPSA) is 38.8 Å². The van der Waals surface area contributed by atoms with E-state index in [9.17, 15) is 4.79 Å². The minimum absolute atomic E-state index is 0.0751. The summed E-state index contributed by atoms with van der Waals surface area (Å²) in [5.74, 6) is 5.75. The van der Waals surface area contributed by atoms with Crippen molar-refractivity contribution in [3.63, 3.8) is 0 Å². The van der Waals surface area contributed by atoms with Crippen molar-refractivity contribution in [2.24, 2.45) is 11.8 Å². The first kappa shape index (κ1) is 24.3. The molecule has 1 fully saturated rings. The minimum atomic E-state index is -2.61. The summed E-state index contributed by atoms with van der Waals surface area (Å²) in [5, 5.41) is 2.46. The van der Waals surface area contributed by atoms with Crippen LogP contribution in [-0.4, -0.2) is 52.5 Å². The van der Waals surface area contributed by atoms with Crippen LogP contribution in [0.1, 0.15) is 27.7 Å². The highest BCUT2D eigenvalue weighted by molar-refractivity contribution is 6.99. The fourth-order valence-electron chi connectivity index (χ4n) is 4.88. The van der Waals surface area contributed by atoms with Crippen molar-refractivity contribution in [1.29, 1.82) is 0 Å². The number of carbonyl (C=O) groups is 1. The Bertz CT molecular complexity index is 904. The Hall–Kier alpha value is -2.39. The van der Waals surface area contributed by atoms with Crippen LogP contribution in [0.4, 0.5) is 0 Å². The van der Waals surface area contributed by atoms with E-state index in [-0.39, 0.29) is 22.8 Å². The SMILES string of the molecule is CC#CC(=O)N1C[C@@H](COC)[C@@H](CO[Si](c2ccccc2)(c2ccccc2)C(C)(C)C)C1. The summed E-state index contributed by atoms with van der Waals surface area (Å²) in [7, 11) is -0.887. The molecule has 0 aliphatic carbocycles. The van der Waals surface area contributed by atoms with Gasteiger partial charge in [-0.15, -0.1) is 0 Å². The smallest absolute Gasteiger partial charge is 0.298 e. The first-order valence-electron chi connectivity index (χ1n) is 11.3. The van der Waals surface area contributed by atoms with E-state index in [1.807, 2.05) is 4.90 Å². The van der Waals surface area contributed by atoms with Crippen molar-refractivity contribution >= 4 is 24.6 Å². The summed E-state index contributed by atoms with van der Waals surface area (Å²) >= 11 is 0. The second kappa shape index (κ2) is 10.5. The number of hydrogen-bond donors (Lipinski definition) is 0. The van der Waals surface area contributed by atoms with Gasteiger partial charge in [0.2, 0.25) is 0 Å². The van der Waals surface area contributed by atoms with E-state index in [1.165, 1.54) is 10.4 Å². The number of amides is 1. The standard InChI is InChI=1S/C27H35NO3Si/c1-6-13-26(29)28-18-22(20-30-5)23(19-28)21-31-32(27(2,3)4,24-14-9-7-10-15-24)25-16-11-8-12-17-25/h7-12,14-17,22-23H,18-21H2,1-5H3/t22-,23+/m0/s1. The minimum Gasteiger partial charge on any atom is -0.407 e. The second-order valence-corrected chi connectivity index (χ2v) is 13.8. The lowest BCUT2D eigenvalue weighted by molar-refractivity contribution is -0.124. The summed E-state index contributed by atoms with van der Waals surface area (Å²) < 4.78 is 12.6. The lowest BCUT2D eigenvalue weighted by atomic mass is 9.98. The monoisotopic (exact) mass is 449 g/mol. The highest BCUT2D eigenvalue weighted by Gasteiger charge is 2.51. The van der Waals surface area contributed by atoms with Crippen LogP contribution < -0.4 is 10.4 Å². The summed E-state index contributed by atoms with van der Waals surface area (Å²) in [6.07, 6.45) is 0. The maximum atomic E-state index is 12.4. The fraction of sp³-hybridized carbons (Fsp3) is 0.444. The van der Waals surface area contributed by atoms with Crippen LogP contribution in [0.25, 0.3) is 0 Å². The van der Waals surface area contributed by atoms with Gasteiger partial charge in [-0.05, 0) is 28.3 Å². The molecule has 0 radical (unpaired) electrons. The number of likely N-dealkylation sites (tertiary alicyclic amines) is 1. The van der Waals surface area contributed by atoms with Crippen LogP contribution in [0.5, 0.6) is 0 Å². The molecule has 0 bridgehead atoms. The average molecular weight is 450 g/mol. The van der Waals surface area contributed by atoms with E-state index in [0.717, 1.165) is 0 Å². The van der Waals surface area contributed by atoms with Crippen LogP contribution in [0.3, 0.4) is 0 Å². The van der Waals surface area contributed by atoms with E-state index < -0.39 is 8.32 Å². The Kier molecular flexibility index (Phi) is 7.94. The van der Waals surface area contributed by atoms with Gasteiger partial charge in [0, 0.05) is 38.6 Å². The Morgan fingerprint density at radius 1 is 0.969 bits per heavy atom. The normalized spacial score (nSPS) is 18.8. The Labute approximate surface area is 194 Å². The molecule has 170 valence electrons. The zero-order valence-electron chi connectivity index (χ0n) is 19.9. The van der Waals surface area contributed by atoms with Gasteiger partial charge in [0.1, 0.15) is 0 Å². The highest BCUT2D eigenvalue weighted by atomic mass is 28.4. The van der Waals surface area contributed by atoms with E-state index in [4.69, 9.17) is 9.16 Å². The molecule has 32 heavy (non-hydrogen) atoms. The van der Waals surface area contributed by atoms with Crippen LogP contribution in [0, 0.1) is 23.7 Å². The van der Waals surface area contributed by atoms with E-state index in [2.05, 4.69) is 93.3 Å². The average Bonchev–Trinajstić information content (AvgIpc) is 3.18. The van der Waals surface area contributed by atoms with Gasteiger partial charge in [-0.2, -0.15) is 0 Å². The molecule has 1 amide bonds. The number of rotatable bonds is 7. The predicted octanol–water partition coefficient (Wildman–Crippen LogP) is 3.31. The molecule has 5 heteroatoms. The molecule has 0 saturated carbocycles. The molecule has 1 heterocycles. The largest absolute Gasteiger partial charge is 0.407 e. The van der Waals surface area contributed by atoms with Crippen molar-refractivity contribution in [2.75, 3.05) is 33.4 Å². The first-order valence-corrected chi connectivity index (χ1v) is 13.2. The predicted molar refractivity (Wildman–Crippen MR) is 132 cm³/mol. The number of hydrogen-bond acceptors (Lipinski definition) is 3. The van der Waals surface area contributed by atoms with Crippen LogP contribution in [-0.2, 0) is 14.0 Å². The molecule has 1 aliphatic rings. The van der Waals surface area contributed by atoms with Crippen LogP contribution in [0.15, 0.2) is 60.7 Å². The molecule has 2 atom stereocenters. The van der Waals surface area contributed by atoms with E-state index in [1.54, 1.807) is 14.0 Å². The van der Waals surface area contributed by atoms with Gasteiger partial charge in [-0.25, -0.2) is 0 Å². The molecule has 0 unspecified atom stereocenters. The van der Waals surface area contributed by atoms with Crippen LogP contribution in [0.2, 0.25) is 5.04 Å². The molecule has 0 spiro atoms. The van der Waals surface area contributed by atoms with Crippen molar-refractivity contribution in [3.05, 3.63) is 60.7 Å². The third-order valence-corrected chi connectivity index (χ3v) is 11.4. The van der Waals surface area contributed by atoms with Crippen molar-refractivity contribution in [2.45, 2.75) is 32.7 Å². The zero-order chi connectivity index (χ0) is 23.2. The van der Waals surface area contributed by atoms with Crippen molar-refractivity contribution in [1.82, 2.24) is 4.90 Å². The maximum Gasteiger partial charge on any atom is 0.298 e. The van der Waals surface area contributed by atoms with Crippen LogP contribution >= 0.6 is 0 Å². The van der Waals surface area contributed by atoms with Gasteiger partial charge < -0.3 is 14.1 Å². The van der Waals surface area contributed by atoms with Gasteiger partial charge in [0.15, 0.2) is 0 Å². The fourth-order valence-corrected chi connectivity index (χ4v) is 9.50. The van der Waals surface area contributed by atoms with Gasteiger partial charge in [-0.1, -0.05) is 87.4 Å². The van der Waals surface area contributed by atoms with Crippen molar-refractivity contribution in [3.8, 4) is 11.8 Å². The number of benzene rings is 2. The molecule has 2 aromatic rings. The van der Waals surface area contributed by atoms with Gasteiger partial charge in [0.05, 0.1) is 6.61 Å². The molecule has 3 rings (SSSR count). The molecule has 2 aromatic carbocycles. The first-order chi connectivity index (χ1) is 15.3. The number of methoxy groups -OCH3 is 1. The van der Waals surface area contributed by atoms with Gasteiger partial charge in [0.25, 0.3) is 14.2 Å². The Morgan fingerprint density at radius 2 is 1.47 bits per heavy atom.